The molecule has 2 N–H and O–H groups in total. The number of aromatic nitrogens is 1. The van der Waals surface area contributed by atoms with Gasteiger partial charge in [-0.05, 0) is 57.6 Å². The molecular weight excluding hydrogens is 208 g/mol. The summed E-state index contributed by atoms with van der Waals surface area (Å²) >= 11 is 0. The average molecular weight is 234 g/mol. The molecule has 0 radical (unpaired) electrons. The van der Waals surface area contributed by atoms with Crippen molar-refractivity contribution in [2.45, 2.75) is 71.4 Å². The van der Waals surface area contributed by atoms with Crippen LogP contribution in [0.2, 0.25) is 0 Å². The Morgan fingerprint density at radius 3 is 2.65 bits per heavy atom. The molecule has 0 saturated heterocycles. The van der Waals surface area contributed by atoms with E-state index in [-0.39, 0.29) is 11.6 Å². The van der Waals surface area contributed by atoms with Crippen LogP contribution in [0.1, 0.15) is 69.4 Å². The second kappa shape index (κ2) is 4.49. The first-order chi connectivity index (χ1) is 8.03. The van der Waals surface area contributed by atoms with Gasteiger partial charge >= 0.3 is 0 Å². The molecule has 1 aromatic rings. The molecule has 1 aromatic heterocycles. The van der Waals surface area contributed by atoms with E-state index in [2.05, 4.69) is 38.3 Å². The maximum Gasteiger partial charge on any atom is 0.0411 e. The quantitative estimate of drug-likeness (QED) is 0.850. The fraction of sp³-hybridized carbons (Fsp3) is 0.733. The van der Waals surface area contributed by atoms with Crippen LogP contribution >= 0.6 is 0 Å². The standard InChI is InChI=1S/C15H26N2/c1-5-15(4,6-2)17-11(3)10-12-13(16)8-7-9-14(12)17/h10,13H,5-9,16H2,1-4H3. The molecule has 96 valence electrons. The Kier molecular flexibility index (Phi) is 3.35. The molecule has 1 aliphatic rings. The summed E-state index contributed by atoms with van der Waals surface area (Å²) in [6.07, 6.45) is 5.94. The molecule has 0 bridgehead atoms. The van der Waals surface area contributed by atoms with Crippen molar-refractivity contribution in [1.29, 1.82) is 0 Å². The summed E-state index contributed by atoms with van der Waals surface area (Å²) < 4.78 is 2.57. The zero-order chi connectivity index (χ0) is 12.6. The number of hydrogen-bond donors (Lipinski definition) is 1. The lowest BCUT2D eigenvalue weighted by Gasteiger charge is -2.34. The van der Waals surface area contributed by atoms with Crippen molar-refractivity contribution in [3.05, 3.63) is 23.0 Å². The fourth-order valence-electron chi connectivity index (χ4n) is 3.25. The summed E-state index contributed by atoms with van der Waals surface area (Å²) in [5, 5.41) is 0. The van der Waals surface area contributed by atoms with Gasteiger partial charge in [-0.3, -0.25) is 0 Å². The normalized spacial score (nSPS) is 20.4. The van der Waals surface area contributed by atoms with Crippen LogP contribution in [0.4, 0.5) is 0 Å². The van der Waals surface area contributed by atoms with E-state index in [1.165, 1.54) is 42.6 Å². The van der Waals surface area contributed by atoms with E-state index in [4.69, 9.17) is 5.73 Å². The topological polar surface area (TPSA) is 30.9 Å². The summed E-state index contributed by atoms with van der Waals surface area (Å²) in [6.45, 7) is 9.19. The van der Waals surface area contributed by atoms with Crippen LogP contribution in [0, 0.1) is 6.92 Å². The summed E-state index contributed by atoms with van der Waals surface area (Å²) in [4.78, 5) is 0. The molecule has 0 aliphatic heterocycles. The second-order valence-corrected chi connectivity index (χ2v) is 5.73. The molecule has 1 atom stereocenters. The zero-order valence-corrected chi connectivity index (χ0v) is 11.7. The third-order valence-electron chi connectivity index (χ3n) is 4.71. The fourth-order valence-corrected chi connectivity index (χ4v) is 3.25. The van der Waals surface area contributed by atoms with Crippen molar-refractivity contribution in [3.63, 3.8) is 0 Å². The lowest BCUT2D eigenvalue weighted by molar-refractivity contribution is 0.278. The highest BCUT2D eigenvalue weighted by atomic mass is 15.1. The Bertz CT molecular complexity index is 399. The third-order valence-corrected chi connectivity index (χ3v) is 4.71. The number of aryl methyl sites for hydroxylation is 1. The van der Waals surface area contributed by atoms with Gasteiger partial charge in [0, 0.05) is 23.0 Å². The molecular formula is C15H26N2. The Balaban J connectivity index is 2.55. The minimum Gasteiger partial charge on any atom is -0.343 e. The molecule has 0 aromatic carbocycles. The maximum absolute atomic E-state index is 6.24. The molecule has 1 unspecified atom stereocenters. The van der Waals surface area contributed by atoms with Crippen molar-refractivity contribution < 1.29 is 0 Å². The molecule has 2 rings (SSSR count). The van der Waals surface area contributed by atoms with Crippen LogP contribution in [-0.4, -0.2) is 4.57 Å². The Labute approximate surface area is 105 Å². The van der Waals surface area contributed by atoms with E-state index in [0.29, 0.717) is 0 Å². The average Bonchev–Trinajstić information content (AvgIpc) is 2.67. The van der Waals surface area contributed by atoms with E-state index >= 15 is 0 Å². The van der Waals surface area contributed by atoms with Gasteiger partial charge in [-0.1, -0.05) is 13.8 Å². The second-order valence-electron chi connectivity index (χ2n) is 5.73. The molecule has 2 heteroatoms. The minimum absolute atomic E-state index is 0.259. The third kappa shape index (κ3) is 1.93. The van der Waals surface area contributed by atoms with Crippen molar-refractivity contribution >= 4 is 0 Å². The maximum atomic E-state index is 6.24. The minimum atomic E-state index is 0.259. The first-order valence-electron chi connectivity index (χ1n) is 7.00. The van der Waals surface area contributed by atoms with Crippen LogP contribution < -0.4 is 5.73 Å². The Morgan fingerprint density at radius 2 is 2.06 bits per heavy atom. The molecule has 0 saturated carbocycles. The summed E-state index contributed by atoms with van der Waals surface area (Å²) in [7, 11) is 0. The van der Waals surface area contributed by atoms with E-state index in [0.717, 1.165) is 6.42 Å². The highest BCUT2D eigenvalue weighted by Gasteiger charge is 2.30. The van der Waals surface area contributed by atoms with Gasteiger partial charge in [0.15, 0.2) is 0 Å². The molecule has 17 heavy (non-hydrogen) atoms. The van der Waals surface area contributed by atoms with E-state index in [1.54, 1.807) is 0 Å². The van der Waals surface area contributed by atoms with Gasteiger partial charge in [0.1, 0.15) is 0 Å². The Hall–Kier alpha value is -0.760. The van der Waals surface area contributed by atoms with Gasteiger partial charge in [-0.25, -0.2) is 0 Å². The summed E-state index contributed by atoms with van der Waals surface area (Å²) in [5.74, 6) is 0. The predicted molar refractivity (Wildman–Crippen MR) is 73.3 cm³/mol. The molecule has 1 heterocycles. The van der Waals surface area contributed by atoms with Crippen LogP contribution in [-0.2, 0) is 12.0 Å². The number of nitrogens with two attached hydrogens (primary N) is 1. The monoisotopic (exact) mass is 234 g/mol. The summed E-state index contributed by atoms with van der Waals surface area (Å²) in [6, 6.07) is 2.58. The first kappa shape index (κ1) is 12.7. The number of fused-ring (bicyclic) bond motifs is 1. The predicted octanol–water partition coefficient (Wildman–Crippen LogP) is 3.67. The number of hydrogen-bond acceptors (Lipinski definition) is 1. The van der Waals surface area contributed by atoms with E-state index in [9.17, 15) is 0 Å². The molecule has 0 spiro atoms. The molecule has 0 fully saturated rings. The zero-order valence-electron chi connectivity index (χ0n) is 11.7. The van der Waals surface area contributed by atoms with E-state index in [1.807, 2.05) is 0 Å². The summed E-state index contributed by atoms with van der Waals surface area (Å²) in [5.41, 5.74) is 10.8. The largest absolute Gasteiger partial charge is 0.343 e. The number of rotatable bonds is 3. The van der Waals surface area contributed by atoms with Gasteiger partial charge in [-0.15, -0.1) is 0 Å². The molecule has 2 nitrogen and oxygen atoms in total. The van der Waals surface area contributed by atoms with Crippen molar-refractivity contribution in [1.82, 2.24) is 4.57 Å². The first-order valence-corrected chi connectivity index (χ1v) is 7.00. The van der Waals surface area contributed by atoms with Gasteiger partial charge < -0.3 is 10.3 Å². The van der Waals surface area contributed by atoms with Crippen molar-refractivity contribution in [2.24, 2.45) is 5.73 Å². The number of nitrogens with zero attached hydrogens (tertiary/aromatic N) is 1. The van der Waals surface area contributed by atoms with Crippen LogP contribution in [0.15, 0.2) is 6.07 Å². The highest BCUT2D eigenvalue weighted by Crippen LogP contribution is 2.36. The molecule has 0 amide bonds. The lowest BCUT2D eigenvalue weighted by atomic mass is 9.90. The van der Waals surface area contributed by atoms with Crippen LogP contribution in [0.3, 0.4) is 0 Å². The van der Waals surface area contributed by atoms with Gasteiger partial charge in [0.05, 0.1) is 0 Å². The van der Waals surface area contributed by atoms with Crippen molar-refractivity contribution in [2.75, 3.05) is 0 Å². The SMILES string of the molecule is CCC(C)(CC)n1c(C)cc2c1CCCC2N. The van der Waals surface area contributed by atoms with Gasteiger partial charge in [0.2, 0.25) is 0 Å². The lowest BCUT2D eigenvalue weighted by Crippen LogP contribution is -2.32. The van der Waals surface area contributed by atoms with Gasteiger partial charge in [-0.2, -0.15) is 0 Å². The van der Waals surface area contributed by atoms with Crippen LogP contribution in [0.25, 0.3) is 0 Å². The Morgan fingerprint density at radius 1 is 1.41 bits per heavy atom. The smallest absolute Gasteiger partial charge is 0.0411 e. The molecule has 1 aliphatic carbocycles. The van der Waals surface area contributed by atoms with Crippen LogP contribution in [0.5, 0.6) is 0 Å². The van der Waals surface area contributed by atoms with Gasteiger partial charge in [0.25, 0.3) is 0 Å². The van der Waals surface area contributed by atoms with E-state index < -0.39 is 0 Å². The van der Waals surface area contributed by atoms with Crippen molar-refractivity contribution in [3.8, 4) is 0 Å². The highest BCUT2D eigenvalue weighted by molar-refractivity contribution is 5.34.